The van der Waals surface area contributed by atoms with E-state index in [1.807, 2.05) is 0 Å². The molecule has 0 bridgehead atoms. The minimum Gasteiger partial charge on any atom is -0.759 e. The predicted octanol–water partition coefficient (Wildman–Crippen LogP) is -4.86. The fourth-order valence-electron chi connectivity index (χ4n) is 0.537. The third kappa shape index (κ3) is 74.0. The van der Waals surface area contributed by atoms with Crippen molar-refractivity contribution in [1.29, 1.82) is 0 Å². The minimum atomic E-state index is -5.17. The van der Waals surface area contributed by atoms with Gasteiger partial charge in [-0.2, -0.15) is 0 Å². The van der Waals surface area contributed by atoms with Gasteiger partial charge >= 0.3 is 0 Å². The van der Waals surface area contributed by atoms with E-state index in [2.05, 4.69) is 11.5 Å². The number of aliphatic hydroxyl groups is 2. The molecule has 0 aliphatic heterocycles. The van der Waals surface area contributed by atoms with Crippen LogP contribution in [0.4, 0.5) is 0 Å². The van der Waals surface area contributed by atoms with Crippen LogP contribution in [0.15, 0.2) is 0 Å². The Morgan fingerprint density at radius 3 is 1.26 bits per heavy atom. The number of hydrogen-bond acceptors (Lipinski definition) is 8. The van der Waals surface area contributed by atoms with E-state index in [1.165, 1.54) is 0 Å². The molecule has 19 heavy (non-hydrogen) atoms. The average molecular weight is 308 g/mol. The zero-order valence-corrected chi connectivity index (χ0v) is 11.6. The van der Waals surface area contributed by atoms with Crippen molar-refractivity contribution in [3.63, 3.8) is 0 Å². The highest BCUT2D eigenvalue weighted by molar-refractivity contribution is 7.79. The Labute approximate surface area is 112 Å². The molecular formula is C8H24N2O8S. The molecule has 0 fully saturated rings. The molecule has 0 heterocycles. The molecule has 0 aliphatic rings. The summed E-state index contributed by atoms with van der Waals surface area (Å²) in [4.78, 5) is 0. The van der Waals surface area contributed by atoms with Crippen LogP contribution in [-0.2, 0) is 19.9 Å². The first-order chi connectivity index (χ1) is 8.83. The Balaban J connectivity index is -0.000000206. The second-order valence-electron chi connectivity index (χ2n) is 2.79. The van der Waals surface area contributed by atoms with Crippen LogP contribution in [0.25, 0.3) is 0 Å². The van der Waals surface area contributed by atoms with E-state index in [-0.39, 0.29) is 13.2 Å². The minimum absolute atomic E-state index is 0.111. The van der Waals surface area contributed by atoms with Crippen molar-refractivity contribution < 1.29 is 48.7 Å². The molecule has 120 valence electrons. The van der Waals surface area contributed by atoms with E-state index >= 15 is 0 Å². The molecule has 0 saturated carbocycles. The lowest BCUT2D eigenvalue weighted by Crippen LogP contribution is -2.52. The van der Waals surface area contributed by atoms with Crippen molar-refractivity contribution in [2.75, 3.05) is 52.7 Å². The molecule has 0 rings (SSSR count). The van der Waals surface area contributed by atoms with Crippen molar-refractivity contribution in [1.82, 2.24) is 0 Å². The molecule has 0 aromatic heterocycles. The van der Waals surface area contributed by atoms with E-state index in [4.69, 9.17) is 37.2 Å². The Hall–Kier alpha value is -0.370. The normalized spacial score (nSPS) is 10.0. The van der Waals surface area contributed by atoms with Crippen molar-refractivity contribution in [3.8, 4) is 0 Å². The van der Waals surface area contributed by atoms with Gasteiger partial charge < -0.3 is 40.3 Å². The lowest BCUT2D eigenvalue weighted by atomic mass is 10.7. The largest absolute Gasteiger partial charge is 0.759 e. The first-order valence-electron chi connectivity index (χ1n) is 5.45. The fraction of sp³-hybridized carbons (Fsp3) is 1.00. The van der Waals surface area contributed by atoms with Gasteiger partial charge in [0, 0.05) is 10.4 Å². The SMILES string of the molecule is O=S(=O)([O-])[O-].[NH3+]CCOCCO.[NH3+]CCOCCO. The Morgan fingerprint density at radius 1 is 0.842 bits per heavy atom. The maximum atomic E-state index is 8.52. The quantitative estimate of drug-likeness (QED) is 0.194. The predicted molar refractivity (Wildman–Crippen MR) is 61.8 cm³/mol. The summed E-state index contributed by atoms with van der Waals surface area (Å²) in [7, 11) is -5.17. The summed E-state index contributed by atoms with van der Waals surface area (Å²) in [6.45, 7) is 3.96. The zero-order chi connectivity index (χ0) is 15.6. The molecule has 8 N–H and O–H groups in total. The van der Waals surface area contributed by atoms with Crippen LogP contribution in [-0.4, -0.2) is 80.5 Å². The third-order valence-corrected chi connectivity index (χ3v) is 1.05. The van der Waals surface area contributed by atoms with Crippen LogP contribution in [0.5, 0.6) is 0 Å². The molecule has 0 radical (unpaired) electrons. The van der Waals surface area contributed by atoms with Gasteiger partial charge in [-0.25, -0.2) is 0 Å². The molecule has 11 heteroatoms. The molecule has 0 saturated heterocycles. The van der Waals surface area contributed by atoms with Gasteiger partial charge in [0.05, 0.1) is 52.7 Å². The molecule has 0 atom stereocenters. The number of rotatable bonds is 8. The molecule has 0 amide bonds. The summed E-state index contributed by atoms with van der Waals surface area (Å²) >= 11 is 0. The first-order valence-corrected chi connectivity index (χ1v) is 6.79. The second kappa shape index (κ2) is 20.0. The van der Waals surface area contributed by atoms with Gasteiger partial charge in [-0.1, -0.05) is 0 Å². The molecular weight excluding hydrogens is 284 g/mol. The van der Waals surface area contributed by atoms with Crippen molar-refractivity contribution in [2.45, 2.75) is 0 Å². The standard InChI is InChI=1S/2C4H11NO2.H2O4S/c2*5-1-3-7-4-2-6;1-5(2,3)4/h2*6H,1-5H2;(H2,1,2,3,4). The first kappa shape index (κ1) is 23.7. The number of hydrogen-bond donors (Lipinski definition) is 4. The van der Waals surface area contributed by atoms with Gasteiger partial charge in [-0.05, 0) is 0 Å². The van der Waals surface area contributed by atoms with Gasteiger partial charge in [0.2, 0.25) is 0 Å². The van der Waals surface area contributed by atoms with Crippen molar-refractivity contribution in [3.05, 3.63) is 0 Å². The van der Waals surface area contributed by atoms with Crippen molar-refractivity contribution in [2.24, 2.45) is 0 Å². The van der Waals surface area contributed by atoms with Crippen LogP contribution in [0.2, 0.25) is 0 Å². The van der Waals surface area contributed by atoms with E-state index in [1.54, 1.807) is 0 Å². The number of ether oxygens (including phenoxy) is 2. The Kier molecular flexibility index (Phi) is 24.9. The fourth-order valence-corrected chi connectivity index (χ4v) is 0.537. The third-order valence-electron chi connectivity index (χ3n) is 1.05. The molecule has 0 aliphatic carbocycles. The summed E-state index contributed by atoms with van der Waals surface area (Å²) in [6, 6.07) is 0. The second-order valence-corrected chi connectivity index (χ2v) is 3.60. The van der Waals surface area contributed by atoms with Crippen LogP contribution in [0, 0.1) is 0 Å². The highest BCUT2D eigenvalue weighted by Crippen LogP contribution is 1.66. The Morgan fingerprint density at radius 2 is 1.11 bits per heavy atom. The highest BCUT2D eigenvalue weighted by atomic mass is 32.3. The highest BCUT2D eigenvalue weighted by Gasteiger charge is 1.81. The molecule has 0 aromatic rings. The smallest absolute Gasteiger partial charge is 0.0977 e. The van der Waals surface area contributed by atoms with Crippen LogP contribution in [0.3, 0.4) is 0 Å². The van der Waals surface area contributed by atoms with Gasteiger partial charge in [0.25, 0.3) is 0 Å². The van der Waals surface area contributed by atoms with E-state index in [0.29, 0.717) is 26.4 Å². The van der Waals surface area contributed by atoms with Gasteiger partial charge in [-0.15, -0.1) is 0 Å². The van der Waals surface area contributed by atoms with E-state index < -0.39 is 10.4 Å². The van der Waals surface area contributed by atoms with E-state index in [9.17, 15) is 0 Å². The summed E-state index contributed by atoms with van der Waals surface area (Å²) < 4.78 is 43.7. The maximum Gasteiger partial charge on any atom is 0.0977 e. The Bertz CT molecular complexity index is 211. The molecule has 0 aromatic carbocycles. The van der Waals surface area contributed by atoms with Crippen molar-refractivity contribution >= 4 is 10.4 Å². The molecule has 0 unspecified atom stereocenters. The van der Waals surface area contributed by atoms with E-state index in [0.717, 1.165) is 13.1 Å². The maximum absolute atomic E-state index is 8.52. The van der Waals surface area contributed by atoms with Gasteiger partial charge in [0.15, 0.2) is 0 Å². The van der Waals surface area contributed by atoms with Crippen LogP contribution in [0.1, 0.15) is 0 Å². The monoisotopic (exact) mass is 308 g/mol. The molecule has 10 nitrogen and oxygen atoms in total. The summed E-state index contributed by atoms with van der Waals surface area (Å²) in [5.41, 5.74) is 7.10. The molecule has 0 spiro atoms. The number of quaternary nitrogens is 2. The summed E-state index contributed by atoms with van der Waals surface area (Å²) in [5, 5.41) is 16.3. The summed E-state index contributed by atoms with van der Waals surface area (Å²) in [6.07, 6.45) is 0. The topological polar surface area (TPSA) is 194 Å². The van der Waals surface area contributed by atoms with Gasteiger partial charge in [-0.3, -0.25) is 8.42 Å². The zero-order valence-electron chi connectivity index (χ0n) is 10.8. The number of aliphatic hydroxyl groups excluding tert-OH is 2. The average Bonchev–Trinajstić information content (AvgIpc) is 2.29. The lowest BCUT2D eigenvalue weighted by molar-refractivity contribution is -0.374. The lowest BCUT2D eigenvalue weighted by Gasteiger charge is -2.06. The van der Waals surface area contributed by atoms with Gasteiger partial charge in [0.1, 0.15) is 0 Å². The summed E-state index contributed by atoms with van der Waals surface area (Å²) in [5.74, 6) is 0. The van der Waals surface area contributed by atoms with Crippen LogP contribution >= 0.6 is 0 Å². The van der Waals surface area contributed by atoms with Crippen LogP contribution < -0.4 is 11.5 Å².